The molecule has 2 unspecified atom stereocenters. The molecule has 2 heterocycles. The summed E-state index contributed by atoms with van der Waals surface area (Å²) in [6.07, 6.45) is 7.34. The molecule has 2 aliphatic rings. The number of aromatic nitrogens is 1. The second-order valence-electron chi connectivity index (χ2n) is 5.64. The van der Waals surface area contributed by atoms with Gasteiger partial charge in [-0.05, 0) is 37.0 Å². The highest BCUT2D eigenvalue weighted by Gasteiger charge is 2.35. The molecule has 0 spiro atoms. The van der Waals surface area contributed by atoms with Crippen LogP contribution in [0.25, 0.3) is 0 Å². The number of nitrogens with zero attached hydrogens (tertiary/aromatic N) is 2. The standard InChI is InChI=1S/C15H23N3O/c1-11-8-12(9-16)10-17-15(11)18-6-7-19-14-5-3-2-4-13(14)18/h8,10,13-14H,2-7,9,16H2,1H3. The quantitative estimate of drug-likeness (QED) is 0.884. The number of ether oxygens (including phenoxy) is 1. The summed E-state index contributed by atoms with van der Waals surface area (Å²) in [5.41, 5.74) is 8.02. The Labute approximate surface area is 115 Å². The lowest BCUT2D eigenvalue weighted by Gasteiger charge is -2.44. The zero-order valence-corrected chi connectivity index (χ0v) is 11.6. The number of nitrogens with two attached hydrogens (primary N) is 1. The second kappa shape index (κ2) is 5.47. The Morgan fingerprint density at radius 3 is 3.05 bits per heavy atom. The van der Waals surface area contributed by atoms with Crippen LogP contribution in [0.1, 0.15) is 36.8 Å². The summed E-state index contributed by atoms with van der Waals surface area (Å²) < 4.78 is 5.93. The molecule has 0 aromatic carbocycles. The van der Waals surface area contributed by atoms with E-state index >= 15 is 0 Å². The van der Waals surface area contributed by atoms with Crippen molar-refractivity contribution in [3.63, 3.8) is 0 Å². The fraction of sp³-hybridized carbons (Fsp3) is 0.667. The third kappa shape index (κ3) is 2.47. The van der Waals surface area contributed by atoms with Crippen molar-refractivity contribution in [2.75, 3.05) is 18.1 Å². The van der Waals surface area contributed by atoms with Gasteiger partial charge in [-0.3, -0.25) is 0 Å². The predicted octanol–water partition coefficient (Wildman–Crippen LogP) is 2.00. The first-order chi connectivity index (χ1) is 9.29. The van der Waals surface area contributed by atoms with Crippen LogP contribution in [-0.2, 0) is 11.3 Å². The van der Waals surface area contributed by atoms with E-state index in [9.17, 15) is 0 Å². The largest absolute Gasteiger partial charge is 0.374 e. The van der Waals surface area contributed by atoms with Gasteiger partial charge >= 0.3 is 0 Å². The van der Waals surface area contributed by atoms with Crippen LogP contribution in [0.4, 0.5) is 5.82 Å². The minimum absolute atomic E-state index is 0.401. The molecule has 1 aliphatic heterocycles. The van der Waals surface area contributed by atoms with Crippen molar-refractivity contribution in [1.82, 2.24) is 4.98 Å². The maximum Gasteiger partial charge on any atom is 0.131 e. The Hall–Kier alpha value is -1.13. The van der Waals surface area contributed by atoms with E-state index < -0.39 is 0 Å². The van der Waals surface area contributed by atoms with E-state index in [2.05, 4.69) is 22.9 Å². The van der Waals surface area contributed by atoms with Crippen molar-refractivity contribution in [2.24, 2.45) is 5.73 Å². The Balaban J connectivity index is 1.87. The Bertz CT molecular complexity index is 447. The number of anilines is 1. The van der Waals surface area contributed by atoms with Crippen LogP contribution in [0.2, 0.25) is 0 Å². The van der Waals surface area contributed by atoms with Gasteiger partial charge in [-0.2, -0.15) is 0 Å². The molecule has 4 nitrogen and oxygen atoms in total. The molecule has 2 fully saturated rings. The molecule has 1 saturated heterocycles. The fourth-order valence-corrected chi connectivity index (χ4v) is 3.40. The summed E-state index contributed by atoms with van der Waals surface area (Å²) in [6.45, 7) is 4.47. The van der Waals surface area contributed by atoms with E-state index in [-0.39, 0.29) is 0 Å². The average Bonchev–Trinajstić information content (AvgIpc) is 2.46. The fourth-order valence-electron chi connectivity index (χ4n) is 3.40. The highest BCUT2D eigenvalue weighted by molar-refractivity contribution is 5.49. The van der Waals surface area contributed by atoms with Crippen LogP contribution < -0.4 is 10.6 Å². The molecular formula is C15H23N3O. The molecule has 0 radical (unpaired) electrons. The first-order valence-corrected chi connectivity index (χ1v) is 7.33. The normalized spacial score (nSPS) is 27.2. The number of fused-ring (bicyclic) bond motifs is 1. The third-order valence-corrected chi connectivity index (χ3v) is 4.35. The molecule has 0 bridgehead atoms. The number of hydrogen-bond acceptors (Lipinski definition) is 4. The minimum Gasteiger partial charge on any atom is -0.374 e. The highest BCUT2D eigenvalue weighted by atomic mass is 16.5. The summed E-state index contributed by atoms with van der Waals surface area (Å²) in [7, 11) is 0. The number of rotatable bonds is 2. The summed E-state index contributed by atoms with van der Waals surface area (Å²) in [5, 5.41) is 0. The maximum atomic E-state index is 5.93. The number of morpholine rings is 1. The van der Waals surface area contributed by atoms with Crippen LogP contribution in [0.3, 0.4) is 0 Å². The first kappa shape index (κ1) is 12.9. The average molecular weight is 261 g/mol. The molecule has 19 heavy (non-hydrogen) atoms. The van der Waals surface area contributed by atoms with Crippen LogP contribution in [0.5, 0.6) is 0 Å². The van der Waals surface area contributed by atoms with E-state index in [1.807, 2.05) is 6.20 Å². The van der Waals surface area contributed by atoms with Crippen molar-refractivity contribution in [2.45, 2.75) is 51.3 Å². The van der Waals surface area contributed by atoms with Gasteiger partial charge in [-0.1, -0.05) is 12.8 Å². The lowest BCUT2D eigenvalue weighted by molar-refractivity contribution is -0.00903. The summed E-state index contributed by atoms with van der Waals surface area (Å²) >= 11 is 0. The van der Waals surface area contributed by atoms with Crippen molar-refractivity contribution < 1.29 is 4.74 Å². The van der Waals surface area contributed by atoms with Gasteiger partial charge in [0.1, 0.15) is 5.82 Å². The van der Waals surface area contributed by atoms with Crippen molar-refractivity contribution >= 4 is 5.82 Å². The molecule has 1 aromatic rings. The Morgan fingerprint density at radius 2 is 2.26 bits per heavy atom. The monoisotopic (exact) mass is 261 g/mol. The van der Waals surface area contributed by atoms with Crippen LogP contribution in [0.15, 0.2) is 12.3 Å². The molecule has 2 N–H and O–H groups in total. The molecule has 1 aromatic heterocycles. The van der Waals surface area contributed by atoms with Crippen molar-refractivity contribution in [1.29, 1.82) is 0 Å². The van der Waals surface area contributed by atoms with Gasteiger partial charge in [0, 0.05) is 19.3 Å². The highest BCUT2D eigenvalue weighted by Crippen LogP contribution is 2.32. The van der Waals surface area contributed by atoms with Crippen LogP contribution >= 0.6 is 0 Å². The van der Waals surface area contributed by atoms with Gasteiger partial charge in [0.25, 0.3) is 0 Å². The van der Waals surface area contributed by atoms with E-state index in [0.29, 0.717) is 18.7 Å². The van der Waals surface area contributed by atoms with Gasteiger partial charge < -0.3 is 15.4 Å². The van der Waals surface area contributed by atoms with Gasteiger partial charge in [-0.25, -0.2) is 4.98 Å². The topological polar surface area (TPSA) is 51.4 Å². The molecular weight excluding hydrogens is 238 g/mol. The van der Waals surface area contributed by atoms with Crippen molar-refractivity contribution in [3.8, 4) is 0 Å². The van der Waals surface area contributed by atoms with Crippen LogP contribution in [-0.4, -0.2) is 30.3 Å². The molecule has 2 atom stereocenters. The minimum atomic E-state index is 0.401. The lowest BCUT2D eigenvalue weighted by Crippen LogP contribution is -2.53. The first-order valence-electron chi connectivity index (χ1n) is 7.33. The molecule has 104 valence electrons. The van der Waals surface area contributed by atoms with E-state index in [0.717, 1.165) is 24.5 Å². The van der Waals surface area contributed by atoms with E-state index in [1.165, 1.54) is 31.2 Å². The van der Waals surface area contributed by atoms with E-state index in [1.54, 1.807) is 0 Å². The molecule has 1 saturated carbocycles. The zero-order chi connectivity index (χ0) is 13.2. The Kier molecular flexibility index (Phi) is 3.71. The molecule has 4 heteroatoms. The van der Waals surface area contributed by atoms with E-state index in [4.69, 9.17) is 10.5 Å². The Morgan fingerprint density at radius 1 is 1.42 bits per heavy atom. The molecule has 1 aliphatic carbocycles. The van der Waals surface area contributed by atoms with Gasteiger partial charge in [0.15, 0.2) is 0 Å². The second-order valence-corrected chi connectivity index (χ2v) is 5.64. The number of aryl methyl sites for hydroxylation is 1. The van der Waals surface area contributed by atoms with Gasteiger partial charge in [0.05, 0.1) is 18.8 Å². The molecule has 3 rings (SSSR count). The van der Waals surface area contributed by atoms with Crippen molar-refractivity contribution in [3.05, 3.63) is 23.4 Å². The summed E-state index contributed by atoms with van der Waals surface area (Å²) in [5.74, 6) is 1.12. The third-order valence-electron chi connectivity index (χ3n) is 4.35. The number of hydrogen-bond donors (Lipinski definition) is 1. The molecule has 0 amide bonds. The maximum absolute atomic E-state index is 5.93. The van der Waals surface area contributed by atoms with Gasteiger partial charge in [0.2, 0.25) is 0 Å². The number of pyridine rings is 1. The summed E-state index contributed by atoms with van der Waals surface area (Å²) in [6, 6.07) is 2.67. The summed E-state index contributed by atoms with van der Waals surface area (Å²) in [4.78, 5) is 7.12. The lowest BCUT2D eigenvalue weighted by atomic mass is 9.90. The SMILES string of the molecule is Cc1cc(CN)cnc1N1CCOC2CCCCC21. The zero-order valence-electron chi connectivity index (χ0n) is 11.6. The van der Waals surface area contributed by atoms with Crippen LogP contribution in [0, 0.1) is 6.92 Å². The predicted molar refractivity (Wildman–Crippen MR) is 76.2 cm³/mol. The van der Waals surface area contributed by atoms with Gasteiger partial charge in [-0.15, -0.1) is 0 Å². The smallest absolute Gasteiger partial charge is 0.131 e.